The van der Waals surface area contributed by atoms with Gasteiger partial charge in [0.1, 0.15) is 5.50 Å². The highest BCUT2D eigenvalue weighted by Crippen LogP contribution is 2.30. The molecule has 158 valence electrons. The summed E-state index contributed by atoms with van der Waals surface area (Å²) in [5.74, 6) is 0. The van der Waals surface area contributed by atoms with Crippen LogP contribution in [-0.4, -0.2) is 11.1 Å². The van der Waals surface area contributed by atoms with Crippen molar-refractivity contribution in [1.82, 2.24) is 10.6 Å². The van der Waals surface area contributed by atoms with Crippen molar-refractivity contribution in [3.8, 4) is 33.4 Å². The summed E-state index contributed by atoms with van der Waals surface area (Å²) in [6, 6.07) is 36.3. The van der Waals surface area contributed by atoms with Crippen LogP contribution in [0.5, 0.6) is 0 Å². The van der Waals surface area contributed by atoms with Crippen LogP contribution in [0.3, 0.4) is 0 Å². The molecule has 0 radical (unpaired) electrons. The fourth-order valence-corrected chi connectivity index (χ4v) is 4.54. The fraction of sp³-hybridized carbons (Fsp3) is 0.0714. The molecule has 1 heterocycles. The van der Waals surface area contributed by atoms with Gasteiger partial charge in [0.2, 0.25) is 0 Å². The maximum Gasteiger partial charge on any atom is 0.156 e. The zero-order valence-electron chi connectivity index (χ0n) is 17.3. The van der Waals surface area contributed by atoms with E-state index in [0.29, 0.717) is 0 Å². The van der Waals surface area contributed by atoms with Crippen molar-refractivity contribution in [3.63, 3.8) is 0 Å². The number of benzene rings is 4. The van der Waals surface area contributed by atoms with E-state index in [-0.39, 0.29) is 11.1 Å². The van der Waals surface area contributed by atoms with Crippen molar-refractivity contribution in [2.45, 2.75) is 11.1 Å². The van der Waals surface area contributed by atoms with Gasteiger partial charge >= 0.3 is 0 Å². The molecule has 0 saturated heterocycles. The third-order valence-corrected chi connectivity index (χ3v) is 6.08. The van der Waals surface area contributed by atoms with Crippen molar-refractivity contribution >= 4 is 28.9 Å². The second-order valence-corrected chi connectivity index (χ2v) is 8.67. The van der Waals surface area contributed by atoms with Gasteiger partial charge in [-0.05, 0) is 57.2 Å². The topological polar surface area (TPSA) is 24.1 Å². The number of nitrogens with one attached hydrogen (secondary N) is 2. The fourth-order valence-electron chi connectivity index (χ4n) is 3.97. The Bertz CT molecular complexity index is 1250. The van der Waals surface area contributed by atoms with Crippen LogP contribution >= 0.6 is 23.2 Å². The van der Waals surface area contributed by atoms with Crippen molar-refractivity contribution in [2.75, 3.05) is 0 Å². The molecule has 2 atom stereocenters. The van der Waals surface area contributed by atoms with Gasteiger partial charge in [-0.25, -0.2) is 0 Å². The molecule has 4 aromatic carbocycles. The first kappa shape index (κ1) is 20.8. The molecule has 2 unspecified atom stereocenters. The van der Waals surface area contributed by atoms with E-state index >= 15 is 0 Å². The van der Waals surface area contributed by atoms with Crippen LogP contribution in [0.1, 0.15) is 5.56 Å². The Kier molecular flexibility index (Phi) is 6.00. The Hall–Kier alpha value is -3.04. The molecule has 0 spiro atoms. The molecule has 4 heteroatoms. The van der Waals surface area contributed by atoms with Crippen LogP contribution < -0.4 is 10.6 Å². The molecule has 0 saturated carbocycles. The lowest BCUT2D eigenvalue weighted by Gasteiger charge is -2.25. The molecule has 1 aliphatic heterocycles. The van der Waals surface area contributed by atoms with E-state index in [1.807, 2.05) is 12.1 Å². The average Bonchev–Trinajstić information content (AvgIpc) is 2.84. The van der Waals surface area contributed by atoms with Gasteiger partial charge in [-0.1, -0.05) is 103 Å². The summed E-state index contributed by atoms with van der Waals surface area (Å²) in [4.78, 5) is 0. The summed E-state index contributed by atoms with van der Waals surface area (Å²) >= 11 is 12.4. The highest BCUT2D eigenvalue weighted by atomic mass is 35.5. The van der Waals surface area contributed by atoms with Gasteiger partial charge in [-0.2, -0.15) is 0 Å². The standard InChI is InChI=1S/C28H22Cl2N2/c29-27-18-26(31-28(30)32-27)21-14-12-20(13-15-21)23-9-5-11-25(17-23)24-10-4-8-22(16-24)19-6-2-1-3-7-19/h1-18,27-28,31-32H. The van der Waals surface area contributed by atoms with Gasteiger partial charge in [-0.15, -0.1) is 11.6 Å². The summed E-state index contributed by atoms with van der Waals surface area (Å²) in [7, 11) is 0. The lowest BCUT2D eigenvalue weighted by atomic mass is 9.96. The Morgan fingerprint density at radius 2 is 0.969 bits per heavy atom. The van der Waals surface area contributed by atoms with E-state index in [0.717, 1.165) is 16.8 Å². The van der Waals surface area contributed by atoms with E-state index in [2.05, 4.69) is 108 Å². The number of rotatable bonds is 4. The second kappa shape index (κ2) is 9.22. The number of halogens is 2. The molecule has 0 amide bonds. The van der Waals surface area contributed by atoms with Crippen LogP contribution in [-0.2, 0) is 0 Å². The average molecular weight is 457 g/mol. The Balaban J connectivity index is 1.43. The smallest absolute Gasteiger partial charge is 0.156 e. The minimum atomic E-state index is -0.388. The van der Waals surface area contributed by atoms with Gasteiger partial charge < -0.3 is 5.32 Å². The van der Waals surface area contributed by atoms with Gasteiger partial charge in [0.05, 0.1) is 0 Å². The van der Waals surface area contributed by atoms with Crippen molar-refractivity contribution < 1.29 is 0 Å². The van der Waals surface area contributed by atoms with E-state index in [9.17, 15) is 0 Å². The molecule has 1 aliphatic rings. The van der Waals surface area contributed by atoms with E-state index in [1.165, 1.54) is 27.8 Å². The van der Waals surface area contributed by atoms with Crippen LogP contribution in [0, 0.1) is 0 Å². The van der Waals surface area contributed by atoms with Gasteiger partial charge in [0.15, 0.2) is 5.62 Å². The molecule has 0 aromatic heterocycles. The lowest BCUT2D eigenvalue weighted by molar-refractivity contribution is 0.597. The van der Waals surface area contributed by atoms with Crippen LogP contribution in [0.2, 0.25) is 0 Å². The number of hydrogen-bond donors (Lipinski definition) is 2. The van der Waals surface area contributed by atoms with Crippen molar-refractivity contribution in [2.24, 2.45) is 0 Å². The van der Waals surface area contributed by atoms with Crippen LogP contribution in [0.4, 0.5) is 0 Å². The van der Waals surface area contributed by atoms with Crippen LogP contribution in [0.25, 0.3) is 39.1 Å². The first-order valence-corrected chi connectivity index (χ1v) is 11.4. The Labute approximate surface area is 198 Å². The normalized spacial score (nSPS) is 18.0. The quantitative estimate of drug-likeness (QED) is 0.248. The zero-order valence-corrected chi connectivity index (χ0v) is 18.8. The monoisotopic (exact) mass is 456 g/mol. The van der Waals surface area contributed by atoms with E-state index in [4.69, 9.17) is 23.2 Å². The molecule has 4 aromatic rings. The summed E-state index contributed by atoms with van der Waals surface area (Å²) in [6.45, 7) is 0. The predicted octanol–water partition coefficient (Wildman–Crippen LogP) is 7.31. The Morgan fingerprint density at radius 3 is 1.53 bits per heavy atom. The molecular weight excluding hydrogens is 435 g/mol. The molecule has 0 aliphatic carbocycles. The first-order valence-electron chi connectivity index (χ1n) is 10.5. The SMILES string of the molecule is ClC1C=C(c2ccc(-c3cccc(-c4cccc(-c5ccccc5)c4)c3)cc2)NC(Cl)N1. The van der Waals surface area contributed by atoms with Gasteiger partial charge in [0.25, 0.3) is 0 Å². The summed E-state index contributed by atoms with van der Waals surface area (Å²) in [5.41, 5.74) is 8.48. The Morgan fingerprint density at radius 1 is 0.500 bits per heavy atom. The van der Waals surface area contributed by atoms with E-state index < -0.39 is 0 Å². The van der Waals surface area contributed by atoms with E-state index in [1.54, 1.807) is 0 Å². The number of hydrogen-bond acceptors (Lipinski definition) is 2. The third-order valence-electron chi connectivity index (χ3n) is 5.60. The largest absolute Gasteiger partial charge is 0.357 e. The summed E-state index contributed by atoms with van der Waals surface area (Å²) in [5, 5.41) is 6.20. The molecule has 2 N–H and O–H groups in total. The van der Waals surface area contributed by atoms with Crippen LogP contribution in [0.15, 0.2) is 109 Å². The van der Waals surface area contributed by atoms with Gasteiger partial charge in [0, 0.05) is 5.70 Å². The third kappa shape index (κ3) is 4.58. The highest BCUT2D eigenvalue weighted by Gasteiger charge is 2.17. The number of alkyl halides is 2. The molecule has 0 bridgehead atoms. The highest BCUT2D eigenvalue weighted by molar-refractivity contribution is 6.24. The minimum absolute atomic E-state index is 0.295. The van der Waals surface area contributed by atoms with Crippen molar-refractivity contribution in [1.29, 1.82) is 0 Å². The maximum absolute atomic E-state index is 6.20. The zero-order chi connectivity index (χ0) is 21.9. The predicted molar refractivity (Wildman–Crippen MR) is 136 cm³/mol. The second-order valence-electron chi connectivity index (χ2n) is 7.76. The molecule has 0 fully saturated rings. The van der Waals surface area contributed by atoms with Gasteiger partial charge in [-0.3, -0.25) is 5.32 Å². The maximum atomic E-state index is 6.20. The first-order chi connectivity index (χ1) is 15.7. The molecular formula is C28H22Cl2N2. The summed E-state index contributed by atoms with van der Waals surface area (Å²) in [6.07, 6.45) is 1.93. The van der Waals surface area contributed by atoms with Crippen molar-refractivity contribution in [3.05, 3.63) is 115 Å². The lowest BCUT2D eigenvalue weighted by Crippen LogP contribution is -2.44. The summed E-state index contributed by atoms with van der Waals surface area (Å²) < 4.78 is 0. The minimum Gasteiger partial charge on any atom is -0.357 e. The molecule has 2 nitrogen and oxygen atoms in total. The molecule has 5 rings (SSSR count). The molecule has 32 heavy (non-hydrogen) atoms.